The lowest BCUT2D eigenvalue weighted by atomic mass is 9.76. The van der Waals surface area contributed by atoms with Crippen LogP contribution < -0.4 is 0 Å². The number of carbonyl (C=O) groups is 1. The summed E-state index contributed by atoms with van der Waals surface area (Å²) >= 11 is 0. The van der Waals surface area contributed by atoms with Crippen LogP contribution in [0.4, 0.5) is 4.39 Å². The van der Waals surface area contributed by atoms with Crippen LogP contribution in [0.3, 0.4) is 0 Å². The van der Waals surface area contributed by atoms with Gasteiger partial charge in [0.25, 0.3) is 0 Å². The number of esters is 1. The lowest BCUT2D eigenvalue weighted by Crippen LogP contribution is -2.49. The molecule has 0 N–H and O–H groups in total. The summed E-state index contributed by atoms with van der Waals surface area (Å²) in [5.74, 6) is -0.236. The largest absolute Gasteiger partial charge is 0.463 e. The number of ether oxygens (including phenoxy) is 1. The number of hydrogen-bond donors (Lipinski definition) is 0. The summed E-state index contributed by atoms with van der Waals surface area (Å²) in [6.45, 7) is 1.32. The molecule has 2 saturated heterocycles. The van der Waals surface area contributed by atoms with E-state index in [0.717, 1.165) is 19.3 Å². The number of piperidine rings is 1. The SMILES string of the molecule is Cc1ccc([C@H]2CC3CCC([C@H]2C(=O)OCCF)N3C)cc1. The zero-order valence-electron chi connectivity index (χ0n) is 13.3. The smallest absolute Gasteiger partial charge is 0.311 e. The van der Waals surface area contributed by atoms with Gasteiger partial charge in [0, 0.05) is 18.0 Å². The van der Waals surface area contributed by atoms with Gasteiger partial charge in [-0.2, -0.15) is 0 Å². The van der Waals surface area contributed by atoms with E-state index >= 15 is 0 Å². The van der Waals surface area contributed by atoms with E-state index < -0.39 is 6.67 Å². The maximum absolute atomic E-state index is 12.5. The van der Waals surface area contributed by atoms with E-state index in [0.29, 0.717) is 6.04 Å². The van der Waals surface area contributed by atoms with Crippen LogP contribution >= 0.6 is 0 Å². The van der Waals surface area contributed by atoms with E-state index in [1.165, 1.54) is 11.1 Å². The number of carbonyl (C=O) groups excluding carboxylic acids is 1. The van der Waals surface area contributed by atoms with Gasteiger partial charge in [-0.05, 0) is 38.8 Å². The van der Waals surface area contributed by atoms with Crippen molar-refractivity contribution in [3.63, 3.8) is 0 Å². The predicted octanol–water partition coefficient (Wildman–Crippen LogP) is 3.07. The Bertz CT molecular complexity index is 530. The summed E-state index contributed by atoms with van der Waals surface area (Å²) in [4.78, 5) is 14.9. The van der Waals surface area contributed by atoms with Crippen molar-refractivity contribution in [1.82, 2.24) is 4.90 Å². The Morgan fingerprint density at radius 2 is 2.05 bits per heavy atom. The standard InChI is InChI=1S/C18H24FNO2/c1-12-3-5-13(6-4-12)15-11-14-7-8-16(20(14)2)17(15)18(21)22-10-9-19/h3-6,14-17H,7-11H2,1-2H3/t14?,15-,16?,17+/m1/s1. The lowest BCUT2D eigenvalue weighted by Gasteiger charge is -2.41. The third-order valence-electron chi connectivity index (χ3n) is 5.37. The van der Waals surface area contributed by atoms with E-state index in [-0.39, 0.29) is 30.5 Å². The van der Waals surface area contributed by atoms with E-state index in [1.807, 2.05) is 0 Å². The van der Waals surface area contributed by atoms with Crippen molar-refractivity contribution in [2.75, 3.05) is 20.3 Å². The molecule has 0 aromatic heterocycles. The Balaban J connectivity index is 1.88. The number of hydrogen-bond acceptors (Lipinski definition) is 3. The quantitative estimate of drug-likeness (QED) is 0.801. The molecule has 0 amide bonds. The monoisotopic (exact) mass is 305 g/mol. The Labute approximate surface area is 131 Å². The minimum Gasteiger partial charge on any atom is -0.463 e. The first-order valence-electron chi connectivity index (χ1n) is 8.13. The molecule has 4 atom stereocenters. The number of rotatable bonds is 4. The molecule has 0 aliphatic carbocycles. The number of fused-ring (bicyclic) bond motifs is 2. The van der Waals surface area contributed by atoms with E-state index in [4.69, 9.17) is 4.74 Å². The molecule has 1 aromatic carbocycles. The Hall–Kier alpha value is -1.42. The molecule has 22 heavy (non-hydrogen) atoms. The fourth-order valence-electron chi connectivity index (χ4n) is 4.18. The summed E-state index contributed by atoms with van der Waals surface area (Å²) in [5, 5.41) is 0. The van der Waals surface area contributed by atoms with Crippen molar-refractivity contribution in [2.24, 2.45) is 5.92 Å². The minimum absolute atomic E-state index is 0.129. The predicted molar refractivity (Wildman–Crippen MR) is 83.5 cm³/mol. The molecule has 2 heterocycles. The van der Waals surface area contributed by atoms with Crippen molar-refractivity contribution in [1.29, 1.82) is 0 Å². The van der Waals surface area contributed by atoms with Gasteiger partial charge in [0.2, 0.25) is 0 Å². The molecular weight excluding hydrogens is 281 g/mol. The van der Waals surface area contributed by atoms with Crippen LogP contribution in [0.1, 0.15) is 36.3 Å². The van der Waals surface area contributed by atoms with Gasteiger partial charge in [-0.1, -0.05) is 29.8 Å². The van der Waals surface area contributed by atoms with Crippen LogP contribution in [-0.2, 0) is 9.53 Å². The molecule has 4 heteroatoms. The maximum Gasteiger partial charge on any atom is 0.311 e. The molecule has 2 unspecified atom stereocenters. The van der Waals surface area contributed by atoms with Crippen LogP contribution in [0.5, 0.6) is 0 Å². The van der Waals surface area contributed by atoms with Crippen LogP contribution in [-0.4, -0.2) is 43.3 Å². The normalized spacial score (nSPS) is 31.2. The summed E-state index contributed by atoms with van der Waals surface area (Å²) in [6.07, 6.45) is 3.14. The highest BCUT2D eigenvalue weighted by atomic mass is 19.1. The van der Waals surface area contributed by atoms with E-state index in [2.05, 4.69) is 43.1 Å². The summed E-state index contributed by atoms with van der Waals surface area (Å²) in [7, 11) is 2.10. The van der Waals surface area contributed by atoms with Gasteiger partial charge >= 0.3 is 5.97 Å². The molecular formula is C18H24FNO2. The van der Waals surface area contributed by atoms with Gasteiger partial charge in [0.1, 0.15) is 13.3 Å². The van der Waals surface area contributed by atoms with Crippen LogP contribution in [0.2, 0.25) is 0 Å². The molecule has 0 spiro atoms. The first-order chi connectivity index (χ1) is 10.6. The highest BCUT2D eigenvalue weighted by molar-refractivity contribution is 5.75. The molecule has 2 bridgehead atoms. The second-order valence-corrected chi connectivity index (χ2v) is 6.60. The molecule has 2 aliphatic heterocycles. The van der Waals surface area contributed by atoms with Crippen molar-refractivity contribution in [2.45, 2.75) is 44.2 Å². The highest BCUT2D eigenvalue weighted by Gasteiger charge is 2.49. The lowest BCUT2D eigenvalue weighted by molar-refractivity contribution is -0.153. The van der Waals surface area contributed by atoms with Crippen molar-refractivity contribution < 1.29 is 13.9 Å². The molecule has 0 radical (unpaired) electrons. The average Bonchev–Trinajstić information content (AvgIpc) is 2.75. The average molecular weight is 305 g/mol. The van der Waals surface area contributed by atoms with Crippen LogP contribution in [0.15, 0.2) is 24.3 Å². The fraction of sp³-hybridized carbons (Fsp3) is 0.611. The van der Waals surface area contributed by atoms with E-state index in [9.17, 15) is 9.18 Å². The number of aryl methyl sites for hydroxylation is 1. The molecule has 120 valence electrons. The van der Waals surface area contributed by atoms with Crippen LogP contribution in [0.25, 0.3) is 0 Å². The first kappa shape index (κ1) is 15.5. The first-order valence-corrected chi connectivity index (χ1v) is 8.13. The Morgan fingerprint density at radius 3 is 2.73 bits per heavy atom. The third-order valence-corrected chi connectivity index (χ3v) is 5.37. The Morgan fingerprint density at radius 1 is 1.32 bits per heavy atom. The third kappa shape index (κ3) is 2.76. The Kier molecular flexibility index (Phi) is 4.48. The van der Waals surface area contributed by atoms with Crippen molar-refractivity contribution in [3.05, 3.63) is 35.4 Å². The summed E-state index contributed by atoms with van der Waals surface area (Å²) in [6, 6.07) is 9.21. The van der Waals surface area contributed by atoms with Gasteiger partial charge in [0.15, 0.2) is 0 Å². The zero-order valence-corrected chi connectivity index (χ0v) is 13.3. The molecule has 2 fully saturated rings. The number of benzene rings is 1. The van der Waals surface area contributed by atoms with Gasteiger partial charge < -0.3 is 4.74 Å². The second kappa shape index (κ2) is 6.37. The number of nitrogens with zero attached hydrogens (tertiary/aromatic N) is 1. The van der Waals surface area contributed by atoms with Gasteiger partial charge in [0.05, 0.1) is 5.92 Å². The summed E-state index contributed by atoms with van der Waals surface area (Å²) in [5.41, 5.74) is 2.43. The summed E-state index contributed by atoms with van der Waals surface area (Å²) < 4.78 is 17.5. The molecule has 3 rings (SSSR count). The second-order valence-electron chi connectivity index (χ2n) is 6.60. The molecule has 3 nitrogen and oxygen atoms in total. The topological polar surface area (TPSA) is 29.5 Å². The number of alkyl halides is 1. The van der Waals surface area contributed by atoms with Crippen molar-refractivity contribution in [3.8, 4) is 0 Å². The van der Waals surface area contributed by atoms with E-state index in [1.54, 1.807) is 0 Å². The van der Waals surface area contributed by atoms with Gasteiger partial charge in [-0.25, -0.2) is 4.39 Å². The molecule has 0 saturated carbocycles. The number of halogens is 1. The fourth-order valence-corrected chi connectivity index (χ4v) is 4.18. The van der Waals surface area contributed by atoms with Crippen molar-refractivity contribution >= 4 is 5.97 Å². The maximum atomic E-state index is 12.5. The molecule has 2 aliphatic rings. The van der Waals surface area contributed by atoms with Gasteiger partial charge in [-0.3, -0.25) is 9.69 Å². The van der Waals surface area contributed by atoms with Gasteiger partial charge in [-0.15, -0.1) is 0 Å². The van der Waals surface area contributed by atoms with Crippen LogP contribution in [0, 0.1) is 12.8 Å². The highest BCUT2D eigenvalue weighted by Crippen LogP contribution is 2.46. The minimum atomic E-state index is -0.614. The molecule has 1 aromatic rings. The zero-order chi connectivity index (χ0) is 15.7.